The SMILES string of the molecule is CC(C)CC1N=C2c3ccccc3N=C(SC(C)C(=O)Nc3ccc4c(c3)OCCO4)N2C1=O. The maximum atomic E-state index is 13.3. The van der Waals surface area contributed by atoms with E-state index in [1.54, 1.807) is 30.0 Å². The molecule has 2 atom stereocenters. The first kappa shape index (κ1) is 22.5. The molecule has 2 aromatic carbocycles. The third kappa shape index (κ3) is 4.27. The number of rotatable bonds is 5. The summed E-state index contributed by atoms with van der Waals surface area (Å²) in [7, 11) is 0. The van der Waals surface area contributed by atoms with E-state index in [1.807, 2.05) is 24.3 Å². The summed E-state index contributed by atoms with van der Waals surface area (Å²) >= 11 is 1.25. The zero-order chi connectivity index (χ0) is 23.8. The Hall–Kier alpha value is -3.33. The van der Waals surface area contributed by atoms with Crippen LogP contribution in [0.3, 0.4) is 0 Å². The minimum Gasteiger partial charge on any atom is -0.486 e. The minimum absolute atomic E-state index is 0.0936. The number of para-hydroxylation sites is 1. The molecule has 2 amide bonds. The van der Waals surface area contributed by atoms with Crippen molar-refractivity contribution in [2.75, 3.05) is 18.5 Å². The average Bonchev–Trinajstić information content (AvgIpc) is 3.15. The molecule has 34 heavy (non-hydrogen) atoms. The first-order valence-corrected chi connectivity index (χ1v) is 12.3. The Morgan fingerprint density at radius 2 is 1.91 bits per heavy atom. The first-order chi connectivity index (χ1) is 16.4. The van der Waals surface area contributed by atoms with Crippen LogP contribution in [0.5, 0.6) is 11.5 Å². The second-order valence-corrected chi connectivity index (χ2v) is 10.1. The molecule has 0 aliphatic carbocycles. The summed E-state index contributed by atoms with van der Waals surface area (Å²) in [5, 5.41) is 2.89. The lowest BCUT2D eigenvalue weighted by atomic mass is 10.0. The van der Waals surface area contributed by atoms with Crippen molar-refractivity contribution >= 4 is 46.0 Å². The van der Waals surface area contributed by atoms with Gasteiger partial charge >= 0.3 is 0 Å². The zero-order valence-electron chi connectivity index (χ0n) is 19.3. The summed E-state index contributed by atoms with van der Waals surface area (Å²) in [6.07, 6.45) is 0.666. The van der Waals surface area contributed by atoms with Crippen LogP contribution in [-0.2, 0) is 9.59 Å². The molecule has 3 aliphatic heterocycles. The lowest BCUT2D eigenvalue weighted by molar-refractivity contribution is -0.125. The summed E-state index contributed by atoms with van der Waals surface area (Å²) in [5.41, 5.74) is 2.20. The molecule has 5 rings (SSSR count). The minimum atomic E-state index is -0.504. The number of anilines is 1. The van der Waals surface area contributed by atoms with Gasteiger partial charge in [-0.2, -0.15) is 0 Å². The number of amides is 2. The summed E-state index contributed by atoms with van der Waals surface area (Å²) in [6, 6.07) is 12.5. The maximum Gasteiger partial charge on any atom is 0.259 e. The Kier molecular flexibility index (Phi) is 6.03. The Morgan fingerprint density at radius 1 is 1.15 bits per heavy atom. The molecule has 0 spiro atoms. The molecule has 2 unspecified atom stereocenters. The molecule has 0 saturated carbocycles. The van der Waals surface area contributed by atoms with Gasteiger partial charge in [0.25, 0.3) is 5.91 Å². The van der Waals surface area contributed by atoms with Gasteiger partial charge in [-0.15, -0.1) is 0 Å². The van der Waals surface area contributed by atoms with Gasteiger partial charge < -0.3 is 14.8 Å². The number of nitrogens with one attached hydrogen (secondary N) is 1. The Morgan fingerprint density at radius 3 is 2.71 bits per heavy atom. The molecule has 1 N–H and O–H groups in total. The number of carbonyl (C=O) groups excluding carboxylic acids is 2. The van der Waals surface area contributed by atoms with E-state index in [2.05, 4.69) is 19.2 Å². The number of fused-ring (bicyclic) bond motifs is 4. The lowest BCUT2D eigenvalue weighted by Crippen LogP contribution is -2.42. The highest BCUT2D eigenvalue weighted by atomic mass is 32.2. The van der Waals surface area contributed by atoms with Gasteiger partial charge in [-0.25, -0.2) is 9.89 Å². The molecule has 0 radical (unpaired) electrons. The van der Waals surface area contributed by atoms with Gasteiger partial charge in [0.1, 0.15) is 25.1 Å². The molecule has 176 valence electrons. The lowest BCUT2D eigenvalue weighted by Gasteiger charge is -2.27. The van der Waals surface area contributed by atoms with Crippen molar-refractivity contribution in [3.63, 3.8) is 0 Å². The summed E-state index contributed by atoms with van der Waals surface area (Å²) in [4.78, 5) is 37.3. The molecular weight excluding hydrogens is 452 g/mol. The zero-order valence-corrected chi connectivity index (χ0v) is 20.1. The number of amidine groups is 2. The fourth-order valence-electron chi connectivity index (χ4n) is 4.06. The van der Waals surface area contributed by atoms with Gasteiger partial charge in [0.15, 0.2) is 16.7 Å². The molecule has 3 aliphatic rings. The van der Waals surface area contributed by atoms with Crippen LogP contribution in [0.4, 0.5) is 11.4 Å². The van der Waals surface area contributed by atoms with Crippen molar-refractivity contribution in [1.82, 2.24) is 4.90 Å². The van der Waals surface area contributed by atoms with E-state index in [-0.39, 0.29) is 11.8 Å². The molecule has 0 bridgehead atoms. The van der Waals surface area contributed by atoms with Crippen molar-refractivity contribution in [2.24, 2.45) is 15.9 Å². The second-order valence-electron chi connectivity index (χ2n) is 8.79. The van der Waals surface area contributed by atoms with Gasteiger partial charge in [0.2, 0.25) is 5.91 Å². The molecule has 0 saturated heterocycles. The van der Waals surface area contributed by atoms with Crippen LogP contribution in [0.25, 0.3) is 0 Å². The van der Waals surface area contributed by atoms with E-state index in [1.165, 1.54) is 11.8 Å². The topological polar surface area (TPSA) is 92.6 Å². The predicted molar refractivity (Wildman–Crippen MR) is 133 cm³/mol. The van der Waals surface area contributed by atoms with Crippen molar-refractivity contribution in [1.29, 1.82) is 0 Å². The average molecular weight is 479 g/mol. The van der Waals surface area contributed by atoms with Gasteiger partial charge in [-0.05, 0) is 43.5 Å². The number of aliphatic imine (C=N–C) groups is 2. The number of hydrogen-bond acceptors (Lipinski definition) is 7. The van der Waals surface area contributed by atoms with Crippen molar-refractivity contribution in [3.8, 4) is 11.5 Å². The first-order valence-electron chi connectivity index (χ1n) is 11.4. The van der Waals surface area contributed by atoms with Crippen molar-refractivity contribution in [2.45, 2.75) is 38.5 Å². The smallest absolute Gasteiger partial charge is 0.259 e. The van der Waals surface area contributed by atoms with Crippen LogP contribution in [0.2, 0.25) is 0 Å². The molecular formula is C25H26N4O4S. The standard InChI is InChI=1S/C25H26N4O4S/c1-14(2)12-19-24(31)29-22(27-19)17-6-4-5-7-18(17)28-25(29)34-15(3)23(30)26-16-8-9-20-21(13-16)33-11-10-32-20/h4-9,13-15,19H,10-12H2,1-3H3,(H,26,30). The fourth-order valence-corrected chi connectivity index (χ4v) is 4.97. The molecule has 0 aromatic heterocycles. The number of thioether (sulfide) groups is 1. The molecule has 8 nitrogen and oxygen atoms in total. The van der Waals surface area contributed by atoms with Gasteiger partial charge in [-0.3, -0.25) is 14.6 Å². The molecule has 0 fully saturated rings. The summed E-state index contributed by atoms with van der Waals surface area (Å²) < 4.78 is 11.1. The van der Waals surface area contributed by atoms with E-state index >= 15 is 0 Å². The van der Waals surface area contributed by atoms with E-state index < -0.39 is 11.3 Å². The third-order valence-corrected chi connectivity index (χ3v) is 6.76. The van der Waals surface area contributed by atoms with Crippen LogP contribution in [-0.4, -0.2) is 52.2 Å². The summed E-state index contributed by atoms with van der Waals surface area (Å²) in [5.74, 6) is 1.92. The van der Waals surface area contributed by atoms with Crippen molar-refractivity contribution < 1.29 is 19.1 Å². The highest BCUT2D eigenvalue weighted by Crippen LogP contribution is 2.36. The number of carbonyl (C=O) groups is 2. The number of nitrogens with zero attached hydrogens (tertiary/aromatic N) is 3. The normalized spacial score (nSPS) is 19.2. The van der Waals surface area contributed by atoms with Crippen LogP contribution in [0.15, 0.2) is 52.4 Å². The van der Waals surface area contributed by atoms with Crippen LogP contribution < -0.4 is 14.8 Å². The molecule has 3 heterocycles. The highest BCUT2D eigenvalue weighted by Gasteiger charge is 2.42. The van der Waals surface area contributed by atoms with Gasteiger partial charge in [-0.1, -0.05) is 37.7 Å². The fraction of sp³-hybridized carbons (Fsp3) is 0.360. The predicted octanol–water partition coefficient (Wildman–Crippen LogP) is 4.22. The van der Waals surface area contributed by atoms with Crippen LogP contribution in [0, 0.1) is 5.92 Å². The van der Waals surface area contributed by atoms with E-state index in [0.29, 0.717) is 53.7 Å². The molecule has 2 aromatic rings. The Balaban J connectivity index is 1.36. The van der Waals surface area contributed by atoms with Crippen molar-refractivity contribution in [3.05, 3.63) is 48.0 Å². The number of ether oxygens (including phenoxy) is 2. The Bertz CT molecular complexity index is 1210. The Labute approximate surface area is 202 Å². The monoisotopic (exact) mass is 478 g/mol. The van der Waals surface area contributed by atoms with Crippen LogP contribution >= 0.6 is 11.8 Å². The number of benzene rings is 2. The summed E-state index contributed by atoms with van der Waals surface area (Å²) in [6.45, 7) is 6.93. The number of hydrogen-bond donors (Lipinski definition) is 1. The quantitative estimate of drug-likeness (QED) is 0.695. The third-order valence-electron chi connectivity index (χ3n) is 5.70. The maximum absolute atomic E-state index is 13.3. The van der Waals surface area contributed by atoms with E-state index in [0.717, 1.165) is 11.3 Å². The van der Waals surface area contributed by atoms with E-state index in [4.69, 9.17) is 19.5 Å². The highest BCUT2D eigenvalue weighted by molar-refractivity contribution is 8.15. The largest absolute Gasteiger partial charge is 0.486 e. The van der Waals surface area contributed by atoms with Gasteiger partial charge in [0, 0.05) is 17.3 Å². The van der Waals surface area contributed by atoms with Gasteiger partial charge in [0.05, 0.1) is 10.9 Å². The molecule has 9 heteroatoms. The van der Waals surface area contributed by atoms with E-state index in [9.17, 15) is 9.59 Å². The second kappa shape index (κ2) is 9.13. The van der Waals surface area contributed by atoms with Crippen LogP contribution in [0.1, 0.15) is 32.8 Å².